The summed E-state index contributed by atoms with van der Waals surface area (Å²) in [7, 11) is 0. The average molecular weight is 336 g/mol. The van der Waals surface area contributed by atoms with Crippen LogP contribution in [-0.2, 0) is 0 Å². The van der Waals surface area contributed by atoms with Crippen molar-refractivity contribution in [2.75, 3.05) is 17.2 Å². The lowest BCUT2D eigenvalue weighted by atomic mass is 10.2. The Balaban J connectivity index is 1.64. The fourth-order valence-electron chi connectivity index (χ4n) is 2.44. The van der Waals surface area contributed by atoms with Gasteiger partial charge in [0.2, 0.25) is 0 Å². The highest BCUT2D eigenvalue weighted by Gasteiger charge is 2.07. The maximum atomic E-state index is 12.2. The lowest BCUT2D eigenvalue weighted by Crippen LogP contribution is -2.20. The number of nitrogens with one attached hydrogen (secondary N) is 2. The minimum absolute atomic E-state index is 0.293. The number of urea groups is 1. The highest BCUT2D eigenvalue weighted by molar-refractivity contribution is 6.00. The summed E-state index contributed by atoms with van der Waals surface area (Å²) in [4.78, 5) is 12.2. The van der Waals surface area contributed by atoms with Crippen molar-refractivity contribution >= 4 is 17.4 Å². The summed E-state index contributed by atoms with van der Waals surface area (Å²) < 4.78 is 7.16. The van der Waals surface area contributed by atoms with Gasteiger partial charge in [-0.05, 0) is 67.9 Å². The van der Waals surface area contributed by atoms with Gasteiger partial charge in [-0.2, -0.15) is 5.10 Å². The van der Waals surface area contributed by atoms with E-state index in [2.05, 4.69) is 15.7 Å². The number of carbonyl (C=O) groups is 1. The molecular weight excluding hydrogens is 316 g/mol. The molecule has 0 aliphatic carbocycles. The maximum absolute atomic E-state index is 12.2. The van der Waals surface area contributed by atoms with Crippen molar-refractivity contribution in [2.24, 2.45) is 0 Å². The number of benzene rings is 2. The number of carbonyl (C=O) groups excluding carboxylic acids is 1. The van der Waals surface area contributed by atoms with Crippen LogP contribution >= 0.6 is 0 Å². The first-order valence-corrected chi connectivity index (χ1v) is 8.07. The first-order valence-electron chi connectivity index (χ1n) is 8.07. The first kappa shape index (κ1) is 16.6. The van der Waals surface area contributed by atoms with E-state index in [1.165, 1.54) is 0 Å². The predicted molar refractivity (Wildman–Crippen MR) is 98.6 cm³/mol. The molecule has 6 nitrogen and oxygen atoms in total. The standard InChI is InChI=1S/C19H20N4O2/c1-3-25-17-8-5-15(6-9-17)21-19(24)22-18-10-7-16(13-14(18)2)23-12-4-11-20-23/h4-13H,3H2,1-2H3,(H2,21,22,24). The molecule has 0 saturated heterocycles. The molecule has 128 valence electrons. The third kappa shape index (κ3) is 4.17. The minimum Gasteiger partial charge on any atom is -0.494 e. The van der Waals surface area contributed by atoms with E-state index in [1.807, 2.05) is 56.4 Å². The lowest BCUT2D eigenvalue weighted by molar-refractivity contribution is 0.262. The monoisotopic (exact) mass is 336 g/mol. The number of hydrogen-bond acceptors (Lipinski definition) is 3. The van der Waals surface area contributed by atoms with Crippen LogP contribution in [-0.4, -0.2) is 22.4 Å². The van der Waals surface area contributed by atoms with E-state index in [9.17, 15) is 4.79 Å². The Hall–Kier alpha value is -3.28. The third-order valence-electron chi connectivity index (χ3n) is 3.65. The van der Waals surface area contributed by atoms with Crippen LogP contribution in [0, 0.1) is 6.92 Å². The fraction of sp³-hybridized carbons (Fsp3) is 0.158. The molecule has 0 saturated carbocycles. The molecule has 0 atom stereocenters. The second-order valence-electron chi connectivity index (χ2n) is 5.49. The van der Waals surface area contributed by atoms with Crippen molar-refractivity contribution in [3.05, 3.63) is 66.5 Å². The van der Waals surface area contributed by atoms with E-state index in [4.69, 9.17) is 4.74 Å². The second kappa shape index (κ2) is 7.53. The second-order valence-corrected chi connectivity index (χ2v) is 5.49. The van der Waals surface area contributed by atoms with Crippen LogP contribution in [0.25, 0.3) is 5.69 Å². The molecule has 1 heterocycles. The topological polar surface area (TPSA) is 68.2 Å². The molecule has 3 rings (SSSR count). The summed E-state index contributed by atoms with van der Waals surface area (Å²) in [6.45, 7) is 4.49. The molecule has 0 spiro atoms. The van der Waals surface area contributed by atoms with Crippen molar-refractivity contribution in [3.63, 3.8) is 0 Å². The number of aromatic nitrogens is 2. The van der Waals surface area contributed by atoms with Crippen LogP contribution in [0.1, 0.15) is 12.5 Å². The smallest absolute Gasteiger partial charge is 0.323 e. The number of hydrogen-bond donors (Lipinski definition) is 2. The number of amides is 2. The molecule has 0 aliphatic rings. The summed E-state index contributed by atoms with van der Waals surface area (Å²) in [5, 5.41) is 9.87. The predicted octanol–water partition coefficient (Wildman–Crippen LogP) is 4.22. The number of nitrogens with zero attached hydrogens (tertiary/aromatic N) is 2. The SMILES string of the molecule is CCOc1ccc(NC(=O)Nc2ccc(-n3cccn3)cc2C)cc1. The highest BCUT2D eigenvalue weighted by atomic mass is 16.5. The van der Waals surface area contributed by atoms with Gasteiger partial charge in [0.25, 0.3) is 0 Å². The minimum atomic E-state index is -0.293. The van der Waals surface area contributed by atoms with Crippen molar-refractivity contribution in [3.8, 4) is 11.4 Å². The number of ether oxygens (including phenoxy) is 1. The van der Waals surface area contributed by atoms with Crippen LogP contribution < -0.4 is 15.4 Å². The van der Waals surface area contributed by atoms with Gasteiger partial charge in [0.15, 0.2) is 0 Å². The van der Waals surface area contributed by atoms with Crippen molar-refractivity contribution in [1.29, 1.82) is 0 Å². The summed E-state index contributed by atoms with van der Waals surface area (Å²) in [5.74, 6) is 0.776. The van der Waals surface area contributed by atoms with Crippen molar-refractivity contribution in [2.45, 2.75) is 13.8 Å². The van der Waals surface area contributed by atoms with Gasteiger partial charge in [0, 0.05) is 23.8 Å². The molecular formula is C19H20N4O2. The van der Waals surface area contributed by atoms with Gasteiger partial charge < -0.3 is 15.4 Å². The van der Waals surface area contributed by atoms with E-state index in [1.54, 1.807) is 23.0 Å². The molecule has 1 aromatic heterocycles. The molecule has 2 aromatic carbocycles. The molecule has 0 bridgehead atoms. The zero-order valence-electron chi connectivity index (χ0n) is 14.2. The van der Waals surface area contributed by atoms with Crippen LogP contribution in [0.4, 0.5) is 16.2 Å². The van der Waals surface area contributed by atoms with Gasteiger partial charge in [0.05, 0.1) is 12.3 Å². The Labute approximate surface area is 146 Å². The lowest BCUT2D eigenvalue weighted by Gasteiger charge is -2.12. The molecule has 6 heteroatoms. The Kier molecular flexibility index (Phi) is 4.99. The van der Waals surface area contributed by atoms with Crippen LogP contribution in [0.15, 0.2) is 60.9 Å². The van der Waals surface area contributed by atoms with Gasteiger partial charge >= 0.3 is 6.03 Å². The number of rotatable bonds is 5. The van der Waals surface area contributed by atoms with E-state index in [-0.39, 0.29) is 6.03 Å². The molecule has 2 amide bonds. The molecule has 0 radical (unpaired) electrons. The zero-order valence-corrected chi connectivity index (χ0v) is 14.2. The van der Waals surface area contributed by atoms with E-state index < -0.39 is 0 Å². The Morgan fingerprint density at radius 2 is 1.96 bits per heavy atom. The quantitative estimate of drug-likeness (QED) is 0.733. The average Bonchev–Trinajstić information content (AvgIpc) is 3.13. The zero-order chi connectivity index (χ0) is 17.6. The molecule has 0 aliphatic heterocycles. The summed E-state index contributed by atoms with van der Waals surface area (Å²) in [5.41, 5.74) is 3.35. The molecule has 3 aromatic rings. The number of aryl methyl sites for hydroxylation is 1. The highest BCUT2D eigenvalue weighted by Crippen LogP contribution is 2.20. The normalized spacial score (nSPS) is 10.3. The van der Waals surface area contributed by atoms with Gasteiger partial charge in [-0.1, -0.05) is 0 Å². The molecule has 0 fully saturated rings. The Morgan fingerprint density at radius 3 is 2.60 bits per heavy atom. The van der Waals surface area contributed by atoms with Crippen LogP contribution in [0.3, 0.4) is 0 Å². The van der Waals surface area contributed by atoms with Gasteiger partial charge in [-0.3, -0.25) is 0 Å². The fourth-order valence-corrected chi connectivity index (χ4v) is 2.44. The van der Waals surface area contributed by atoms with E-state index in [0.29, 0.717) is 12.3 Å². The van der Waals surface area contributed by atoms with Crippen molar-refractivity contribution in [1.82, 2.24) is 9.78 Å². The van der Waals surface area contributed by atoms with Crippen molar-refractivity contribution < 1.29 is 9.53 Å². The summed E-state index contributed by atoms with van der Waals surface area (Å²) in [6, 6.07) is 14.6. The van der Waals surface area contributed by atoms with E-state index >= 15 is 0 Å². The molecule has 25 heavy (non-hydrogen) atoms. The van der Waals surface area contributed by atoms with Crippen LogP contribution in [0.2, 0.25) is 0 Å². The Morgan fingerprint density at radius 1 is 1.16 bits per heavy atom. The molecule has 2 N–H and O–H groups in total. The first-order chi connectivity index (χ1) is 12.2. The van der Waals surface area contributed by atoms with Gasteiger partial charge in [-0.25, -0.2) is 9.48 Å². The third-order valence-corrected chi connectivity index (χ3v) is 3.65. The number of anilines is 2. The largest absolute Gasteiger partial charge is 0.494 e. The van der Waals surface area contributed by atoms with Crippen LogP contribution in [0.5, 0.6) is 5.75 Å². The van der Waals surface area contributed by atoms with Gasteiger partial charge in [-0.15, -0.1) is 0 Å². The summed E-state index contributed by atoms with van der Waals surface area (Å²) >= 11 is 0. The summed E-state index contributed by atoms with van der Waals surface area (Å²) in [6.07, 6.45) is 3.60. The van der Waals surface area contributed by atoms with Gasteiger partial charge in [0.1, 0.15) is 5.75 Å². The maximum Gasteiger partial charge on any atom is 0.323 e. The Bertz CT molecular complexity index is 842. The van der Waals surface area contributed by atoms with E-state index in [0.717, 1.165) is 22.7 Å². The molecule has 0 unspecified atom stereocenters.